The molecule has 0 atom stereocenters. The zero-order chi connectivity index (χ0) is 13.7. The molecule has 4 nitrogen and oxygen atoms in total. The Balaban J connectivity index is 2.08. The Hall–Kier alpha value is -1.88. The second-order valence-corrected chi connectivity index (χ2v) is 6.98. The van der Waals surface area contributed by atoms with Gasteiger partial charge in [0.05, 0.1) is 6.33 Å². The number of aromatic nitrogens is 2. The highest BCUT2D eigenvalue weighted by molar-refractivity contribution is 6.49. The molecule has 0 N–H and O–H groups in total. The highest BCUT2D eigenvalue weighted by Gasteiger charge is 2.03. The molecule has 0 saturated heterocycles. The van der Waals surface area contributed by atoms with Gasteiger partial charge >= 0.3 is 0 Å². The second kappa shape index (κ2) is 6.33. The first-order chi connectivity index (χ1) is 9.16. The third-order valence-corrected chi connectivity index (χ3v) is 3.40. The van der Waals surface area contributed by atoms with Crippen LogP contribution in [0.2, 0.25) is 13.1 Å². The van der Waals surface area contributed by atoms with E-state index in [9.17, 15) is 0 Å². The summed E-state index contributed by atoms with van der Waals surface area (Å²) in [7, 11) is 0.879. The van der Waals surface area contributed by atoms with Gasteiger partial charge in [-0.25, -0.2) is 4.98 Å². The van der Waals surface area contributed by atoms with Gasteiger partial charge in [0.25, 0.3) is 0 Å². The van der Waals surface area contributed by atoms with E-state index in [0.717, 1.165) is 23.6 Å². The van der Waals surface area contributed by atoms with E-state index in [0.29, 0.717) is 0 Å². The minimum Gasteiger partial charge on any atom is -0.546 e. The molecule has 0 aliphatic heterocycles. The molecule has 0 unspecified atom stereocenters. The van der Waals surface area contributed by atoms with Crippen LogP contribution in [0.15, 0.2) is 41.8 Å². The van der Waals surface area contributed by atoms with Crippen LogP contribution in [-0.2, 0) is 13.5 Å². The van der Waals surface area contributed by atoms with E-state index >= 15 is 0 Å². The van der Waals surface area contributed by atoms with Crippen LogP contribution in [0.1, 0.15) is 5.69 Å². The molecule has 0 bridgehead atoms. The van der Waals surface area contributed by atoms with Gasteiger partial charge in [0.2, 0.25) is 9.04 Å². The van der Waals surface area contributed by atoms with Crippen LogP contribution in [0.5, 0.6) is 5.75 Å². The van der Waals surface area contributed by atoms with Gasteiger partial charge in [-0.3, -0.25) is 4.99 Å². The Morgan fingerprint density at radius 2 is 2.16 bits per heavy atom. The third kappa shape index (κ3) is 3.79. The average molecular weight is 273 g/mol. The van der Waals surface area contributed by atoms with Crippen molar-refractivity contribution >= 4 is 20.9 Å². The van der Waals surface area contributed by atoms with Gasteiger partial charge in [0.15, 0.2) is 0 Å². The molecular weight excluding hydrogens is 254 g/mol. The normalized spacial score (nSPS) is 11.4. The molecule has 0 saturated carbocycles. The molecule has 19 heavy (non-hydrogen) atoms. The van der Waals surface area contributed by atoms with E-state index in [1.165, 1.54) is 0 Å². The van der Waals surface area contributed by atoms with E-state index in [2.05, 4.69) is 23.1 Å². The lowest BCUT2D eigenvalue weighted by molar-refractivity contribution is 0.582. The lowest BCUT2D eigenvalue weighted by atomic mass is 10.3. The summed E-state index contributed by atoms with van der Waals surface area (Å²) >= 11 is 0. The first-order valence-electron chi connectivity index (χ1n) is 6.40. The molecule has 100 valence electrons. The van der Waals surface area contributed by atoms with Crippen molar-refractivity contribution in [1.82, 2.24) is 9.55 Å². The van der Waals surface area contributed by atoms with Crippen molar-refractivity contribution < 1.29 is 4.43 Å². The molecule has 5 heteroatoms. The van der Waals surface area contributed by atoms with Crippen LogP contribution >= 0.6 is 0 Å². The number of aliphatic imine (C=N–C) groups is 1. The molecule has 1 aromatic carbocycles. The van der Waals surface area contributed by atoms with Gasteiger partial charge in [0, 0.05) is 31.6 Å². The molecule has 1 heterocycles. The summed E-state index contributed by atoms with van der Waals surface area (Å²) in [6.45, 7) is 4.30. The zero-order valence-corrected chi connectivity index (χ0v) is 12.7. The predicted octanol–water partition coefficient (Wildman–Crippen LogP) is 2.73. The van der Waals surface area contributed by atoms with Crippen molar-refractivity contribution in [2.75, 3.05) is 0 Å². The monoisotopic (exact) mass is 273 g/mol. The van der Waals surface area contributed by atoms with Gasteiger partial charge < -0.3 is 8.99 Å². The predicted molar refractivity (Wildman–Crippen MR) is 81.0 cm³/mol. The Bertz CT molecular complexity index is 563. The molecule has 2 rings (SSSR count). The number of imidazole rings is 1. The van der Waals surface area contributed by atoms with Gasteiger partial charge in [0.1, 0.15) is 11.4 Å². The van der Waals surface area contributed by atoms with Gasteiger partial charge in [-0.2, -0.15) is 0 Å². The van der Waals surface area contributed by atoms with Gasteiger partial charge in [-0.15, -0.1) is 0 Å². The highest BCUT2D eigenvalue weighted by Crippen LogP contribution is 2.27. The second-order valence-electron chi connectivity index (χ2n) is 4.65. The van der Waals surface area contributed by atoms with E-state index in [-0.39, 0.29) is 0 Å². The fourth-order valence-corrected chi connectivity index (χ4v) is 2.44. The maximum atomic E-state index is 5.86. The highest BCUT2D eigenvalue weighted by atomic mass is 28.3. The minimum absolute atomic E-state index is 0.768. The number of nitrogens with zero attached hydrogens (tertiary/aromatic N) is 3. The quantitative estimate of drug-likeness (QED) is 0.620. The number of rotatable bonds is 5. The summed E-state index contributed by atoms with van der Waals surface area (Å²) < 4.78 is 7.86. The minimum atomic E-state index is -1.10. The smallest absolute Gasteiger partial charge is 0.229 e. The van der Waals surface area contributed by atoms with E-state index < -0.39 is 9.04 Å². The third-order valence-electron chi connectivity index (χ3n) is 2.68. The summed E-state index contributed by atoms with van der Waals surface area (Å²) in [6.07, 6.45) is 6.32. The van der Waals surface area contributed by atoms with E-state index in [1.54, 1.807) is 6.33 Å². The first kappa shape index (κ1) is 13.5. The van der Waals surface area contributed by atoms with Crippen LogP contribution in [-0.4, -0.2) is 24.8 Å². The number of aryl methyl sites for hydroxylation is 1. The van der Waals surface area contributed by atoms with Crippen molar-refractivity contribution in [2.24, 2.45) is 12.0 Å². The lowest BCUT2D eigenvalue weighted by Gasteiger charge is -2.11. The number of hydrogen-bond acceptors (Lipinski definition) is 3. The van der Waals surface area contributed by atoms with Crippen molar-refractivity contribution in [3.63, 3.8) is 0 Å². The lowest BCUT2D eigenvalue weighted by Crippen LogP contribution is -2.11. The fraction of sp³-hybridized carbons (Fsp3) is 0.286. The maximum absolute atomic E-state index is 5.86. The molecule has 0 radical (unpaired) electrons. The SMILES string of the molecule is Cn1cncc1CC=Nc1ccccc1O[SiH](C)C. The molecule has 0 spiro atoms. The van der Waals surface area contributed by atoms with Crippen LogP contribution < -0.4 is 4.43 Å². The van der Waals surface area contributed by atoms with Crippen LogP contribution in [0.4, 0.5) is 5.69 Å². The van der Waals surface area contributed by atoms with E-state index in [1.807, 2.05) is 48.3 Å². The van der Waals surface area contributed by atoms with Crippen molar-refractivity contribution in [2.45, 2.75) is 19.5 Å². The first-order valence-corrected chi connectivity index (χ1v) is 9.18. The number of benzene rings is 1. The number of hydrogen-bond donors (Lipinski definition) is 0. The van der Waals surface area contributed by atoms with E-state index in [4.69, 9.17) is 4.43 Å². The molecule has 1 aromatic heterocycles. The van der Waals surface area contributed by atoms with Gasteiger partial charge in [-0.1, -0.05) is 12.1 Å². The van der Waals surface area contributed by atoms with Gasteiger partial charge in [-0.05, 0) is 25.2 Å². The molecule has 0 aliphatic rings. The average Bonchev–Trinajstić information content (AvgIpc) is 2.77. The molecular formula is C14H19N3OSi. The summed E-state index contributed by atoms with van der Waals surface area (Å²) in [4.78, 5) is 8.59. The largest absolute Gasteiger partial charge is 0.546 e. The fourth-order valence-electron chi connectivity index (χ4n) is 1.74. The number of para-hydroxylation sites is 2. The maximum Gasteiger partial charge on any atom is 0.229 e. The molecule has 0 aliphatic carbocycles. The molecule has 2 aromatic rings. The van der Waals surface area contributed by atoms with Crippen LogP contribution in [0.3, 0.4) is 0 Å². The standard InChI is InChI=1S/C14H19N3OSi/c1-17-11-15-10-12(17)8-9-16-13-6-4-5-7-14(13)18-19(2)3/h4-7,9-11,19H,8H2,1-3H3. The molecule has 0 fully saturated rings. The summed E-state index contributed by atoms with van der Waals surface area (Å²) in [6, 6.07) is 7.91. The Morgan fingerprint density at radius 3 is 2.84 bits per heavy atom. The summed E-state index contributed by atoms with van der Waals surface area (Å²) in [5.74, 6) is 0.880. The Morgan fingerprint density at radius 1 is 1.37 bits per heavy atom. The summed E-state index contributed by atoms with van der Waals surface area (Å²) in [5, 5.41) is 0. The summed E-state index contributed by atoms with van der Waals surface area (Å²) in [5.41, 5.74) is 2.03. The molecule has 0 amide bonds. The Labute approximate surface area is 115 Å². The topological polar surface area (TPSA) is 39.4 Å². The van der Waals surface area contributed by atoms with Crippen molar-refractivity contribution in [1.29, 1.82) is 0 Å². The van der Waals surface area contributed by atoms with Crippen molar-refractivity contribution in [3.8, 4) is 5.75 Å². The van der Waals surface area contributed by atoms with Crippen molar-refractivity contribution in [3.05, 3.63) is 42.5 Å². The zero-order valence-electron chi connectivity index (χ0n) is 11.6. The van der Waals surface area contributed by atoms with Crippen LogP contribution in [0.25, 0.3) is 0 Å². The Kier molecular flexibility index (Phi) is 4.51. The van der Waals surface area contributed by atoms with Crippen LogP contribution in [0, 0.1) is 0 Å².